The first kappa shape index (κ1) is 29.7. The first-order valence-electron chi connectivity index (χ1n) is 14.0. The highest BCUT2D eigenvalue weighted by Crippen LogP contribution is 2.34. The molecule has 4 rings (SSSR count). The van der Waals surface area contributed by atoms with Gasteiger partial charge in [-0.3, -0.25) is 9.80 Å². The van der Waals surface area contributed by atoms with Gasteiger partial charge in [0, 0.05) is 51.0 Å². The molecule has 2 aromatic rings. The van der Waals surface area contributed by atoms with Crippen molar-refractivity contribution in [3.05, 3.63) is 84.1 Å². The van der Waals surface area contributed by atoms with Crippen molar-refractivity contribution in [2.75, 3.05) is 45.9 Å². The Balaban J connectivity index is 1.66. The molecule has 0 aromatic heterocycles. The molecule has 218 valence electrons. The number of carbonyl (C=O) groups excluding carboxylic acids is 3. The summed E-state index contributed by atoms with van der Waals surface area (Å²) < 4.78 is 11.5. The predicted molar refractivity (Wildman–Crippen MR) is 156 cm³/mol. The Morgan fingerprint density at radius 1 is 1.07 bits per heavy atom. The fourth-order valence-corrected chi connectivity index (χ4v) is 4.94. The number of hydrogen-bond donors (Lipinski definition) is 2. The third-order valence-corrected chi connectivity index (χ3v) is 6.86. The van der Waals surface area contributed by atoms with Gasteiger partial charge in [0.1, 0.15) is 11.5 Å². The molecular weight excluding hydrogens is 522 g/mol. The van der Waals surface area contributed by atoms with Crippen molar-refractivity contribution in [2.45, 2.75) is 32.9 Å². The van der Waals surface area contributed by atoms with Crippen molar-refractivity contribution in [1.29, 1.82) is 0 Å². The average molecular weight is 562 g/mol. The highest BCUT2D eigenvalue weighted by Gasteiger charge is 2.39. The first-order valence-corrected chi connectivity index (χ1v) is 14.0. The van der Waals surface area contributed by atoms with Crippen molar-refractivity contribution in [3.8, 4) is 11.5 Å². The van der Waals surface area contributed by atoms with Gasteiger partial charge in [0.25, 0.3) is 0 Å². The van der Waals surface area contributed by atoms with E-state index >= 15 is 0 Å². The Kier molecular flexibility index (Phi) is 10.0. The molecule has 1 saturated heterocycles. The minimum atomic E-state index is -0.741. The third kappa shape index (κ3) is 7.46. The SMILES string of the molecule is C=CCN1C(=O)N[C@H](c2cccc(Oc3ccccc3)c2)C(C(=O)OCC)=C1CN1CCN(C(=O)NC(C)C)CC1. The molecule has 2 aromatic carbocycles. The molecule has 2 aliphatic rings. The fourth-order valence-electron chi connectivity index (χ4n) is 4.94. The molecule has 2 aliphatic heterocycles. The van der Waals surface area contributed by atoms with Crippen LogP contribution >= 0.6 is 0 Å². The summed E-state index contributed by atoms with van der Waals surface area (Å²) in [6.07, 6.45) is 1.63. The van der Waals surface area contributed by atoms with E-state index < -0.39 is 12.0 Å². The van der Waals surface area contributed by atoms with Gasteiger partial charge in [0.05, 0.1) is 18.2 Å². The van der Waals surface area contributed by atoms with E-state index in [0.29, 0.717) is 61.1 Å². The molecule has 0 saturated carbocycles. The number of amides is 4. The van der Waals surface area contributed by atoms with Crippen LogP contribution in [-0.2, 0) is 9.53 Å². The molecule has 4 amide bonds. The highest BCUT2D eigenvalue weighted by molar-refractivity contribution is 5.95. The van der Waals surface area contributed by atoms with Crippen molar-refractivity contribution in [3.63, 3.8) is 0 Å². The van der Waals surface area contributed by atoms with Crippen molar-refractivity contribution >= 4 is 18.0 Å². The summed E-state index contributed by atoms with van der Waals surface area (Å²) >= 11 is 0. The molecule has 0 spiro atoms. The lowest BCUT2D eigenvalue weighted by Gasteiger charge is -2.40. The number of urea groups is 2. The van der Waals surface area contributed by atoms with E-state index in [-0.39, 0.29) is 31.3 Å². The molecule has 0 bridgehead atoms. The van der Waals surface area contributed by atoms with Gasteiger partial charge < -0.3 is 25.0 Å². The molecule has 1 fully saturated rings. The zero-order valence-corrected chi connectivity index (χ0v) is 24.0. The number of nitrogens with one attached hydrogen (secondary N) is 2. The lowest BCUT2D eigenvalue weighted by atomic mass is 9.93. The summed E-state index contributed by atoms with van der Waals surface area (Å²) in [4.78, 5) is 44.9. The van der Waals surface area contributed by atoms with Crippen LogP contribution in [0.5, 0.6) is 11.5 Å². The molecule has 0 unspecified atom stereocenters. The number of benzene rings is 2. The van der Waals surface area contributed by atoms with Gasteiger partial charge in [-0.2, -0.15) is 0 Å². The van der Waals surface area contributed by atoms with Gasteiger partial charge in [0.2, 0.25) is 0 Å². The lowest BCUT2D eigenvalue weighted by Crippen LogP contribution is -2.55. The number of piperazine rings is 1. The van der Waals surface area contributed by atoms with E-state index in [1.807, 2.05) is 68.4 Å². The van der Waals surface area contributed by atoms with Gasteiger partial charge in [0.15, 0.2) is 0 Å². The Bertz CT molecular complexity index is 1270. The minimum absolute atomic E-state index is 0.0552. The number of nitrogens with zero attached hydrogens (tertiary/aromatic N) is 3. The van der Waals surface area contributed by atoms with Crippen molar-refractivity contribution in [2.24, 2.45) is 0 Å². The van der Waals surface area contributed by atoms with Crippen LogP contribution in [0.1, 0.15) is 32.4 Å². The van der Waals surface area contributed by atoms with E-state index in [9.17, 15) is 14.4 Å². The number of para-hydroxylation sites is 1. The summed E-state index contributed by atoms with van der Waals surface area (Å²) in [6.45, 7) is 12.5. The quantitative estimate of drug-likeness (QED) is 0.332. The van der Waals surface area contributed by atoms with Crippen molar-refractivity contribution in [1.82, 2.24) is 25.3 Å². The summed E-state index contributed by atoms with van der Waals surface area (Å²) in [7, 11) is 0. The van der Waals surface area contributed by atoms with Crippen LogP contribution in [0, 0.1) is 0 Å². The van der Waals surface area contributed by atoms with Crippen LogP contribution in [0.3, 0.4) is 0 Å². The second-order valence-corrected chi connectivity index (χ2v) is 10.2. The van der Waals surface area contributed by atoms with Crippen LogP contribution in [0.25, 0.3) is 0 Å². The zero-order valence-electron chi connectivity index (χ0n) is 24.0. The van der Waals surface area contributed by atoms with Crippen LogP contribution in [0.2, 0.25) is 0 Å². The van der Waals surface area contributed by atoms with Gasteiger partial charge in [-0.05, 0) is 50.6 Å². The zero-order chi connectivity index (χ0) is 29.4. The average Bonchev–Trinajstić information content (AvgIpc) is 2.95. The Morgan fingerprint density at radius 3 is 2.44 bits per heavy atom. The minimum Gasteiger partial charge on any atom is -0.463 e. The number of ether oxygens (including phenoxy) is 2. The highest BCUT2D eigenvalue weighted by atomic mass is 16.5. The van der Waals surface area contributed by atoms with Crippen LogP contribution < -0.4 is 15.4 Å². The monoisotopic (exact) mass is 561 g/mol. The normalized spacial score (nSPS) is 17.8. The largest absolute Gasteiger partial charge is 0.463 e. The molecule has 0 radical (unpaired) electrons. The summed E-state index contributed by atoms with van der Waals surface area (Å²) in [5, 5.41) is 5.93. The van der Waals surface area contributed by atoms with E-state index in [4.69, 9.17) is 9.47 Å². The summed E-state index contributed by atoms with van der Waals surface area (Å²) in [5.41, 5.74) is 1.62. The maximum atomic E-state index is 13.5. The molecular formula is C31H39N5O5. The van der Waals surface area contributed by atoms with Gasteiger partial charge in [-0.1, -0.05) is 36.4 Å². The Morgan fingerprint density at radius 2 is 1.78 bits per heavy atom. The summed E-state index contributed by atoms with van der Waals surface area (Å²) in [5.74, 6) is 0.764. The second kappa shape index (κ2) is 13.8. The van der Waals surface area contributed by atoms with Crippen LogP contribution in [0.4, 0.5) is 9.59 Å². The molecule has 2 N–H and O–H groups in total. The number of esters is 1. The number of carbonyl (C=O) groups is 3. The van der Waals surface area contributed by atoms with Crippen LogP contribution in [0.15, 0.2) is 78.5 Å². The molecule has 1 atom stereocenters. The standard InChI is InChI=1S/C31H39N5O5/c1-5-15-36-26(21-34-16-18-35(19-17-34)30(38)32-22(3)4)27(29(37)40-6-2)28(33-31(36)39)23-11-10-14-25(20-23)41-24-12-8-7-9-13-24/h5,7-14,20,22,28H,1,6,15-19,21H2,2-4H3,(H,32,38)(H,33,39)/t28-/m1/s1. The summed E-state index contributed by atoms with van der Waals surface area (Å²) in [6, 6.07) is 15.6. The van der Waals surface area contributed by atoms with E-state index in [1.54, 1.807) is 17.9 Å². The van der Waals surface area contributed by atoms with Gasteiger partial charge in [-0.15, -0.1) is 6.58 Å². The number of rotatable bonds is 10. The third-order valence-electron chi connectivity index (χ3n) is 6.86. The van der Waals surface area contributed by atoms with Gasteiger partial charge >= 0.3 is 18.0 Å². The molecule has 0 aliphatic carbocycles. The molecule has 10 heteroatoms. The van der Waals surface area contributed by atoms with E-state index in [1.165, 1.54) is 4.90 Å². The van der Waals surface area contributed by atoms with Gasteiger partial charge in [-0.25, -0.2) is 14.4 Å². The fraction of sp³-hybridized carbons (Fsp3) is 0.387. The first-order chi connectivity index (χ1) is 19.8. The number of hydrogen-bond acceptors (Lipinski definition) is 6. The Hall–Kier alpha value is -4.31. The topological polar surface area (TPSA) is 103 Å². The second-order valence-electron chi connectivity index (χ2n) is 10.2. The maximum Gasteiger partial charge on any atom is 0.338 e. The molecule has 2 heterocycles. The smallest absolute Gasteiger partial charge is 0.338 e. The lowest BCUT2D eigenvalue weighted by molar-refractivity contribution is -0.139. The molecule has 41 heavy (non-hydrogen) atoms. The maximum absolute atomic E-state index is 13.5. The van der Waals surface area contributed by atoms with Crippen LogP contribution in [-0.4, -0.2) is 84.6 Å². The van der Waals surface area contributed by atoms with E-state index in [2.05, 4.69) is 22.1 Å². The van der Waals surface area contributed by atoms with Crippen molar-refractivity contribution < 1.29 is 23.9 Å². The van der Waals surface area contributed by atoms with E-state index in [0.717, 1.165) is 0 Å². The Labute approximate surface area is 241 Å². The molecule has 10 nitrogen and oxygen atoms in total. The predicted octanol–water partition coefficient (Wildman–Crippen LogP) is 4.28.